The first kappa shape index (κ1) is 14.8. The molecule has 1 saturated heterocycles. The largest absolute Gasteiger partial charge is 0.478 e. The van der Waals surface area contributed by atoms with Gasteiger partial charge in [-0.2, -0.15) is 0 Å². The van der Waals surface area contributed by atoms with Gasteiger partial charge in [0, 0.05) is 5.02 Å². The lowest BCUT2D eigenvalue weighted by atomic mass is 9.94. The predicted molar refractivity (Wildman–Crippen MR) is 77.2 cm³/mol. The Morgan fingerprint density at radius 1 is 1.45 bits per heavy atom. The maximum absolute atomic E-state index is 12.2. The van der Waals surface area contributed by atoms with Gasteiger partial charge in [-0.15, -0.1) is 0 Å². The number of piperidine rings is 1. The summed E-state index contributed by atoms with van der Waals surface area (Å²) in [5.74, 6) is -0.842. The van der Waals surface area contributed by atoms with E-state index in [-0.39, 0.29) is 23.2 Å². The Morgan fingerprint density at radius 3 is 2.85 bits per heavy atom. The lowest BCUT2D eigenvalue weighted by Gasteiger charge is -2.27. The number of hydrogen-bond acceptors (Lipinski definition) is 3. The smallest absolute Gasteiger partial charge is 0.337 e. The van der Waals surface area contributed by atoms with Crippen LogP contribution >= 0.6 is 11.6 Å². The van der Waals surface area contributed by atoms with Gasteiger partial charge in [0.05, 0.1) is 17.3 Å². The van der Waals surface area contributed by atoms with Crippen LogP contribution in [0.4, 0.5) is 5.69 Å². The second-order valence-electron chi connectivity index (χ2n) is 5.12. The Labute approximate surface area is 122 Å². The molecule has 0 radical (unpaired) electrons. The van der Waals surface area contributed by atoms with Gasteiger partial charge in [0.25, 0.3) is 0 Å². The van der Waals surface area contributed by atoms with Gasteiger partial charge in [-0.1, -0.05) is 18.5 Å². The normalized spacial score (nSPS) is 22.3. The second-order valence-corrected chi connectivity index (χ2v) is 5.56. The molecule has 5 nitrogen and oxygen atoms in total. The summed E-state index contributed by atoms with van der Waals surface area (Å²) in [4.78, 5) is 23.3. The number of carboxylic acids is 1. The molecule has 0 spiro atoms. The minimum absolute atomic E-state index is 0.00490. The standard InChI is InChI=1S/C14H17ClN2O3/c1-8-4-5-16-12(6-8)13(18)17-11-3-2-9(15)7-10(11)14(19)20/h2-3,7-8,12,16H,4-6H2,1H3,(H,17,18)(H,19,20). The number of aromatic carboxylic acids is 1. The molecule has 20 heavy (non-hydrogen) atoms. The molecule has 6 heteroatoms. The van der Waals surface area contributed by atoms with E-state index in [1.807, 2.05) is 0 Å². The van der Waals surface area contributed by atoms with Crippen molar-refractivity contribution < 1.29 is 14.7 Å². The van der Waals surface area contributed by atoms with E-state index >= 15 is 0 Å². The van der Waals surface area contributed by atoms with Gasteiger partial charge in [0.2, 0.25) is 5.91 Å². The molecule has 0 aromatic heterocycles. The van der Waals surface area contributed by atoms with Crippen molar-refractivity contribution in [2.24, 2.45) is 5.92 Å². The fourth-order valence-corrected chi connectivity index (χ4v) is 2.50. The zero-order valence-corrected chi connectivity index (χ0v) is 11.9. The summed E-state index contributed by atoms with van der Waals surface area (Å²) in [5, 5.41) is 15.3. The predicted octanol–water partition coefficient (Wildman–Crippen LogP) is 2.36. The van der Waals surface area contributed by atoms with Crippen LogP contribution in [0.3, 0.4) is 0 Å². The van der Waals surface area contributed by atoms with Crippen LogP contribution in [0.2, 0.25) is 5.02 Å². The van der Waals surface area contributed by atoms with E-state index in [1.165, 1.54) is 12.1 Å². The quantitative estimate of drug-likeness (QED) is 0.800. The minimum atomic E-state index is -1.12. The maximum atomic E-state index is 12.2. The van der Waals surface area contributed by atoms with E-state index in [1.54, 1.807) is 6.07 Å². The average molecular weight is 297 g/mol. The molecule has 2 atom stereocenters. The van der Waals surface area contributed by atoms with Crippen molar-refractivity contribution in [1.29, 1.82) is 0 Å². The number of halogens is 1. The first-order valence-corrected chi connectivity index (χ1v) is 6.92. The van der Waals surface area contributed by atoms with E-state index in [2.05, 4.69) is 17.6 Å². The molecule has 2 rings (SSSR count). The van der Waals surface area contributed by atoms with Crippen LogP contribution in [0.5, 0.6) is 0 Å². The van der Waals surface area contributed by atoms with Crippen molar-refractivity contribution in [1.82, 2.24) is 5.32 Å². The number of carbonyl (C=O) groups excluding carboxylic acids is 1. The van der Waals surface area contributed by atoms with Gasteiger partial charge in [0.1, 0.15) is 0 Å². The third-order valence-corrected chi connectivity index (χ3v) is 3.69. The lowest BCUT2D eigenvalue weighted by molar-refractivity contribution is -0.119. The van der Waals surface area contributed by atoms with E-state index in [0.29, 0.717) is 10.9 Å². The van der Waals surface area contributed by atoms with E-state index in [4.69, 9.17) is 16.7 Å². The molecule has 0 saturated carbocycles. The van der Waals surface area contributed by atoms with Gasteiger partial charge < -0.3 is 15.7 Å². The van der Waals surface area contributed by atoms with Crippen molar-refractivity contribution in [2.45, 2.75) is 25.8 Å². The molecule has 1 amide bonds. The number of hydrogen-bond donors (Lipinski definition) is 3. The van der Waals surface area contributed by atoms with Crippen LogP contribution in [0.1, 0.15) is 30.1 Å². The summed E-state index contributed by atoms with van der Waals surface area (Å²) in [5.41, 5.74) is 0.265. The Hall–Kier alpha value is -1.59. The highest BCUT2D eigenvalue weighted by molar-refractivity contribution is 6.31. The third-order valence-electron chi connectivity index (χ3n) is 3.45. The van der Waals surface area contributed by atoms with Crippen LogP contribution in [0, 0.1) is 5.92 Å². The Kier molecular flexibility index (Phi) is 4.62. The zero-order chi connectivity index (χ0) is 14.7. The molecule has 1 aliphatic heterocycles. The van der Waals surface area contributed by atoms with E-state index in [0.717, 1.165) is 19.4 Å². The zero-order valence-electron chi connectivity index (χ0n) is 11.1. The number of carbonyl (C=O) groups is 2. The van der Waals surface area contributed by atoms with Gasteiger partial charge in [-0.3, -0.25) is 4.79 Å². The number of carboxylic acid groups (broad SMARTS) is 1. The number of anilines is 1. The highest BCUT2D eigenvalue weighted by Crippen LogP contribution is 2.22. The molecular formula is C14H17ClN2O3. The van der Waals surface area contributed by atoms with E-state index in [9.17, 15) is 9.59 Å². The van der Waals surface area contributed by atoms with Gasteiger partial charge in [-0.25, -0.2) is 4.79 Å². The monoisotopic (exact) mass is 296 g/mol. The van der Waals surface area contributed by atoms with Crippen LogP contribution in [-0.4, -0.2) is 29.6 Å². The topological polar surface area (TPSA) is 78.4 Å². The molecule has 1 aromatic carbocycles. The average Bonchev–Trinajstić information content (AvgIpc) is 2.40. The summed E-state index contributed by atoms with van der Waals surface area (Å²) in [6, 6.07) is 4.11. The number of nitrogens with one attached hydrogen (secondary N) is 2. The fourth-order valence-electron chi connectivity index (χ4n) is 2.33. The number of amides is 1. The molecular weight excluding hydrogens is 280 g/mol. The highest BCUT2D eigenvalue weighted by Gasteiger charge is 2.25. The van der Waals surface area contributed by atoms with Crippen LogP contribution in [0.15, 0.2) is 18.2 Å². The van der Waals surface area contributed by atoms with Gasteiger partial charge in [0.15, 0.2) is 0 Å². The maximum Gasteiger partial charge on any atom is 0.337 e. The van der Waals surface area contributed by atoms with Crippen molar-refractivity contribution >= 4 is 29.2 Å². The molecule has 2 unspecified atom stereocenters. The lowest BCUT2D eigenvalue weighted by Crippen LogP contribution is -2.45. The molecule has 1 aromatic rings. The van der Waals surface area contributed by atoms with Crippen molar-refractivity contribution in [3.05, 3.63) is 28.8 Å². The first-order valence-electron chi connectivity index (χ1n) is 6.54. The van der Waals surface area contributed by atoms with Crippen molar-refractivity contribution in [3.63, 3.8) is 0 Å². The van der Waals surface area contributed by atoms with Gasteiger partial charge >= 0.3 is 5.97 Å². The third kappa shape index (κ3) is 3.49. The van der Waals surface area contributed by atoms with Crippen molar-refractivity contribution in [3.8, 4) is 0 Å². The highest BCUT2D eigenvalue weighted by atomic mass is 35.5. The molecule has 1 fully saturated rings. The summed E-state index contributed by atoms with van der Waals surface area (Å²) in [7, 11) is 0. The number of rotatable bonds is 3. The molecule has 0 aliphatic carbocycles. The molecule has 3 N–H and O–H groups in total. The Balaban J connectivity index is 2.13. The minimum Gasteiger partial charge on any atom is -0.478 e. The molecule has 0 bridgehead atoms. The second kappa shape index (κ2) is 6.24. The van der Waals surface area contributed by atoms with Crippen LogP contribution in [-0.2, 0) is 4.79 Å². The summed E-state index contributed by atoms with van der Waals surface area (Å²) < 4.78 is 0. The van der Waals surface area contributed by atoms with Crippen molar-refractivity contribution in [2.75, 3.05) is 11.9 Å². The van der Waals surface area contributed by atoms with E-state index < -0.39 is 5.97 Å². The fraction of sp³-hybridized carbons (Fsp3) is 0.429. The molecule has 108 valence electrons. The molecule has 1 heterocycles. The summed E-state index contributed by atoms with van der Waals surface area (Å²) in [6.07, 6.45) is 1.80. The number of benzene rings is 1. The molecule has 1 aliphatic rings. The Bertz CT molecular complexity index is 533. The summed E-state index contributed by atoms with van der Waals surface area (Å²) >= 11 is 5.78. The van der Waals surface area contributed by atoms with Gasteiger partial charge in [-0.05, 0) is 43.5 Å². The Morgan fingerprint density at radius 2 is 2.20 bits per heavy atom. The first-order chi connectivity index (χ1) is 9.47. The SMILES string of the molecule is CC1CCNC(C(=O)Nc2ccc(Cl)cc2C(=O)O)C1. The van der Waals surface area contributed by atoms with Crippen LogP contribution < -0.4 is 10.6 Å². The van der Waals surface area contributed by atoms with Crippen LogP contribution in [0.25, 0.3) is 0 Å². The summed E-state index contributed by atoms with van der Waals surface area (Å²) in [6.45, 7) is 2.90.